The topological polar surface area (TPSA) is 40.7 Å². The van der Waals surface area contributed by atoms with Crippen molar-refractivity contribution in [3.05, 3.63) is 28.5 Å². The lowest BCUT2D eigenvalue weighted by atomic mass is 10.2. The summed E-state index contributed by atoms with van der Waals surface area (Å²) in [6.45, 7) is 1.10. The maximum Gasteiger partial charge on any atom is 0.124 e. The molecule has 1 aromatic heterocycles. The average molecular weight is 266 g/mol. The van der Waals surface area contributed by atoms with E-state index in [-0.39, 0.29) is 0 Å². The van der Waals surface area contributed by atoms with Gasteiger partial charge in [-0.3, -0.25) is 0 Å². The number of aromatic amines is 1. The van der Waals surface area contributed by atoms with Gasteiger partial charge in [-0.05, 0) is 37.6 Å². The molecule has 1 saturated heterocycles. The zero-order valence-corrected chi connectivity index (χ0v) is 9.84. The van der Waals surface area contributed by atoms with Gasteiger partial charge in [0, 0.05) is 4.47 Å². The molecular formula is C11H12BrN3. The average Bonchev–Trinajstić information content (AvgIpc) is 2.84. The first-order valence-electron chi connectivity index (χ1n) is 5.21. The van der Waals surface area contributed by atoms with E-state index in [9.17, 15) is 0 Å². The summed E-state index contributed by atoms with van der Waals surface area (Å²) in [5.74, 6) is 1.07. The number of hydrogen-bond acceptors (Lipinski definition) is 2. The van der Waals surface area contributed by atoms with E-state index in [1.54, 1.807) is 0 Å². The number of halogens is 1. The molecule has 3 rings (SSSR count). The summed E-state index contributed by atoms with van der Waals surface area (Å²) in [4.78, 5) is 7.97. The van der Waals surface area contributed by atoms with Crippen molar-refractivity contribution < 1.29 is 0 Å². The number of imidazole rings is 1. The number of rotatable bonds is 1. The SMILES string of the molecule is Brc1ccc2nc(C3CCCN3)[nH]c2c1. The highest BCUT2D eigenvalue weighted by Crippen LogP contribution is 2.24. The van der Waals surface area contributed by atoms with Crippen molar-refractivity contribution in [1.82, 2.24) is 15.3 Å². The molecule has 1 fully saturated rings. The van der Waals surface area contributed by atoms with Crippen molar-refractivity contribution in [2.45, 2.75) is 18.9 Å². The first kappa shape index (κ1) is 9.36. The number of benzene rings is 1. The molecule has 15 heavy (non-hydrogen) atoms. The van der Waals surface area contributed by atoms with E-state index in [0.717, 1.165) is 27.9 Å². The molecular weight excluding hydrogens is 254 g/mol. The Bertz CT molecular complexity index is 486. The van der Waals surface area contributed by atoms with Gasteiger partial charge in [-0.2, -0.15) is 0 Å². The van der Waals surface area contributed by atoms with Gasteiger partial charge in [0.05, 0.1) is 17.1 Å². The molecule has 0 saturated carbocycles. The number of H-pyrrole nitrogens is 1. The van der Waals surface area contributed by atoms with Gasteiger partial charge < -0.3 is 10.3 Å². The summed E-state index contributed by atoms with van der Waals surface area (Å²) < 4.78 is 1.09. The molecule has 0 radical (unpaired) electrons. The molecule has 2 N–H and O–H groups in total. The van der Waals surface area contributed by atoms with Gasteiger partial charge in [0.1, 0.15) is 5.82 Å². The third-order valence-corrected chi connectivity index (χ3v) is 3.35. The summed E-state index contributed by atoms with van der Waals surface area (Å²) in [5.41, 5.74) is 2.15. The zero-order valence-electron chi connectivity index (χ0n) is 8.26. The van der Waals surface area contributed by atoms with Crippen LogP contribution < -0.4 is 5.32 Å². The highest BCUT2D eigenvalue weighted by atomic mass is 79.9. The molecule has 78 valence electrons. The second kappa shape index (κ2) is 3.61. The quantitative estimate of drug-likeness (QED) is 0.833. The molecule has 4 heteroatoms. The molecule has 1 aliphatic heterocycles. The minimum Gasteiger partial charge on any atom is -0.341 e. The van der Waals surface area contributed by atoms with E-state index in [1.807, 2.05) is 12.1 Å². The van der Waals surface area contributed by atoms with Gasteiger partial charge in [-0.15, -0.1) is 0 Å². The Balaban J connectivity index is 2.05. The van der Waals surface area contributed by atoms with Gasteiger partial charge in [0.2, 0.25) is 0 Å². The van der Waals surface area contributed by atoms with Crippen LogP contribution >= 0.6 is 15.9 Å². The third-order valence-electron chi connectivity index (χ3n) is 2.85. The highest BCUT2D eigenvalue weighted by Gasteiger charge is 2.19. The van der Waals surface area contributed by atoms with Crippen molar-refractivity contribution in [3.63, 3.8) is 0 Å². The molecule has 1 unspecified atom stereocenters. The van der Waals surface area contributed by atoms with Crippen molar-refractivity contribution >= 4 is 27.0 Å². The molecule has 2 heterocycles. The fourth-order valence-electron chi connectivity index (χ4n) is 2.08. The largest absolute Gasteiger partial charge is 0.341 e. The first-order chi connectivity index (χ1) is 7.33. The summed E-state index contributed by atoms with van der Waals surface area (Å²) >= 11 is 3.46. The number of hydrogen-bond donors (Lipinski definition) is 2. The molecule has 1 atom stereocenters. The van der Waals surface area contributed by atoms with Crippen LogP contribution in [0, 0.1) is 0 Å². The molecule has 3 nitrogen and oxygen atoms in total. The molecule has 1 aliphatic rings. The van der Waals surface area contributed by atoms with Crippen LogP contribution in [-0.4, -0.2) is 16.5 Å². The Hall–Kier alpha value is -0.870. The number of aromatic nitrogens is 2. The number of fused-ring (bicyclic) bond motifs is 1. The van der Waals surface area contributed by atoms with Crippen LogP contribution in [0.2, 0.25) is 0 Å². The Morgan fingerprint density at radius 3 is 3.13 bits per heavy atom. The molecule has 1 aromatic carbocycles. The molecule has 2 aromatic rings. The van der Waals surface area contributed by atoms with Gasteiger partial charge in [0.25, 0.3) is 0 Å². The van der Waals surface area contributed by atoms with E-state index in [1.165, 1.54) is 12.8 Å². The van der Waals surface area contributed by atoms with Crippen molar-refractivity contribution in [1.29, 1.82) is 0 Å². The lowest BCUT2D eigenvalue weighted by Crippen LogP contribution is -2.13. The zero-order chi connectivity index (χ0) is 10.3. The second-order valence-corrected chi connectivity index (χ2v) is 4.85. The maximum atomic E-state index is 4.60. The minimum absolute atomic E-state index is 0.413. The van der Waals surface area contributed by atoms with Gasteiger partial charge >= 0.3 is 0 Å². The lowest BCUT2D eigenvalue weighted by molar-refractivity contribution is 0.614. The van der Waals surface area contributed by atoms with Crippen LogP contribution in [0.25, 0.3) is 11.0 Å². The summed E-state index contributed by atoms with van der Waals surface area (Å²) in [6.07, 6.45) is 2.42. The fraction of sp³-hybridized carbons (Fsp3) is 0.364. The van der Waals surface area contributed by atoms with E-state index in [2.05, 4.69) is 37.3 Å². The number of nitrogens with one attached hydrogen (secondary N) is 2. The standard InChI is InChI=1S/C11H12BrN3/c12-7-3-4-8-10(6-7)15-11(14-8)9-2-1-5-13-9/h3-4,6,9,13H,1-2,5H2,(H,14,15). The van der Waals surface area contributed by atoms with Gasteiger partial charge in [0.15, 0.2) is 0 Å². The molecule has 0 aliphatic carbocycles. The van der Waals surface area contributed by atoms with Gasteiger partial charge in [-0.1, -0.05) is 15.9 Å². The predicted molar refractivity (Wildman–Crippen MR) is 63.8 cm³/mol. The van der Waals surface area contributed by atoms with Crippen LogP contribution in [0.4, 0.5) is 0 Å². The van der Waals surface area contributed by atoms with E-state index < -0.39 is 0 Å². The summed E-state index contributed by atoms with van der Waals surface area (Å²) in [7, 11) is 0. The lowest BCUT2D eigenvalue weighted by Gasteiger charge is -2.04. The van der Waals surface area contributed by atoms with Crippen molar-refractivity contribution in [3.8, 4) is 0 Å². The summed E-state index contributed by atoms with van der Waals surface area (Å²) in [6, 6.07) is 6.54. The van der Waals surface area contributed by atoms with Crippen LogP contribution in [0.5, 0.6) is 0 Å². The first-order valence-corrected chi connectivity index (χ1v) is 6.01. The second-order valence-electron chi connectivity index (χ2n) is 3.93. The minimum atomic E-state index is 0.413. The normalized spacial score (nSPS) is 21.3. The molecule has 0 bridgehead atoms. The fourth-order valence-corrected chi connectivity index (χ4v) is 2.45. The van der Waals surface area contributed by atoms with E-state index >= 15 is 0 Å². The third kappa shape index (κ3) is 1.68. The Morgan fingerprint density at radius 1 is 1.40 bits per heavy atom. The highest BCUT2D eigenvalue weighted by molar-refractivity contribution is 9.10. The Labute approximate surface area is 96.4 Å². The van der Waals surface area contributed by atoms with E-state index in [4.69, 9.17) is 0 Å². The Kier molecular flexibility index (Phi) is 2.25. The van der Waals surface area contributed by atoms with Gasteiger partial charge in [-0.25, -0.2) is 4.98 Å². The predicted octanol–water partition coefficient (Wildman–Crippen LogP) is 2.75. The maximum absolute atomic E-state index is 4.60. The van der Waals surface area contributed by atoms with Crippen molar-refractivity contribution in [2.24, 2.45) is 0 Å². The summed E-state index contributed by atoms with van der Waals surface area (Å²) in [5, 5.41) is 3.44. The Morgan fingerprint density at radius 2 is 2.33 bits per heavy atom. The van der Waals surface area contributed by atoms with Crippen LogP contribution in [0.3, 0.4) is 0 Å². The van der Waals surface area contributed by atoms with E-state index in [0.29, 0.717) is 6.04 Å². The van der Waals surface area contributed by atoms with Crippen LogP contribution in [0.15, 0.2) is 22.7 Å². The van der Waals surface area contributed by atoms with Crippen LogP contribution in [0.1, 0.15) is 24.7 Å². The monoisotopic (exact) mass is 265 g/mol. The number of nitrogens with zero attached hydrogens (tertiary/aromatic N) is 1. The molecule has 0 amide bonds. The molecule has 0 spiro atoms. The van der Waals surface area contributed by atoms with Crippen LogP contribution in [-0.2, 0) is 0 Å². The smallest absolute Gasteiger partial charge is 0.124 e. The van der Waals surface area contributed by atoms with Crippen molar-refractivity contribution in [2.75, 3.05) is 6.54 Å².